The number of aromatic nitrogens is 2. The van der Waals surface area contributed by atoms with E-state index in [1.54, 1.807) is 24.2 Å². The number of nitrogens with zero attached hydrogens (tertiary/aromatic N) is 2. The van der Waals surface area contributed by atoms with Gasteiger partial charge in [-0.15, -0.1) is 11.8 Å². The zero-order valence-corrected chi connectivity index (χ0v) is 11.3. The molecule has 1 aromatic carbocycles. The largest absolute Gasteiger partial charge is 0.398 e. The predicted molar refractivity (Wildman–Crippen MR) is 81.2 cm³/mol. The molecular formula is C15H13N3S. The number of hydrogen-bond acceptors (Lipinski definition) is 4. The van der Waals surface area contributed by atoms with Gasteiger partial charge in [-0.3, -0.25) is 0 Å². The average Bonchev–Trinajstić information content (AvgIpc) is 2.48. The van der Waals surface area contributed by atoms with Crippen molar-refractivity contribution in [1.82, 2.24) is 9.97 Å². The van der Waals surface area contributed by atoms with E-state index in [-0.39, 0.29) is 0 Å². The van der Waals surface area contributed by atoms with Crippen LogP contribution < -0.4 is 5.73 Å². The van der Waals surface area contributed by atoms with E-state index in [0.717, 1.165) is 22.2 Å². The highest BCUT2D eigenvalue weighted by atomic mass is 32.2. The summed E-state index contributed by atoms with van der Waals surface area (Å²) >= 11 is 1.72. The smallest absolute Gasteiger partial charge is 0.161 e. The molecule has 2 N–H and O–H groups in total. The fourth-order valence-corrected chi connectivity index (χ4v) is 2.46. The van der Waals surface area contributed by atoms with E-state index in [0.29, 0.717) is 5.65 Å². The monoisotopic (exact) mass is 267 g/mol. The maximum Gasteiger partial charge on any atom is 0.161 e. The molecule has 0 saturated heterocycles. The molecular weight excluding hydrogens is 254 g/mol. The van der Waals surface area contributed by atoms with Crippen LogP contribution >= 0.6 is 11.8 Å². The predicted octanol–water partition coefficient (Wildman–Crippen LogP) is 3.60. The molecule has 0 amide bonds. The number of anilines is 1. The molecule has 3 rings (SSSR count). The van der Waals surface area contributed by atoms with Gasteiger partial charge in [0.1, 0.15) is 0 Å². The number of nitrogens with two attached hydrogens (primary N) is 1. The first-order valence-corrected chi connectivity index (χ1v) is 7.15. The molecule has 3 aromatic rings. The third-order valence-corrected chi connectivity index (χ3v) is 3.83. The van der Waals surface area contributed by atoms with E-state index in [9.17, 15) is 0 Å². The highest BCUT2D eigenvalue weighted by Gasteiger charge is 2.08. The molecule has 2 heterocycles. The van der Waals surface area contributed by atoms with Crippen molar-refractivity contribution in [3.8, 4) is 11.1 Å². The third kappa shape index (κ3) is 2.15. The van der Waals surface area contributed by atoms with Gasteiger partial charge < -0.3 is 5.73 Å². The molecule has 3 nitrogen and oxygen atoms in total. The van der Waals surface area contributed by atoms with Crippen molar-refractivity contribution in [3.63, 3.8) is 0 Å². The molecule has 2 aromatic heterocycles. The first kappa shape index (κ1) is 12.0. The summed E-state index contributed by atoms with van der Waals surface area (Å²) in [4.78, 5) is 9.81. The number of nitrogen functional groups attached to an aromatic ring is 1. The Morgan fingerprint density at radius 2 is 1.84 bits per heavy atom. The summed E-state index contributed by atoms with van der Waals surface area (Å²) in [6, 6.07) is 12.1. The zero-order valence-electron chi connectivity index (χ0n) is 10.5. The molecule has 0 fully saturated rings. The normalized spacial score (nSPS) is 10.8. The second kappa shape index (κ2) is 4.90. The Balaban J connectivity index is 2.16. The van der Waals surface area contributed by atoms with Crippen LogP contribution in [0.25, 0.3) is 22.2 Å². The van der Waals surface area contributed by atoms with Crippen LogP contribution in [-0.4, -0.2) is 16.2 Å². The van der Waals surface area contributed by atoms with Gasteiger partial charge in [-0.05, 0) is 36.1 Å². The number of pyridine rings is 2. The van der Waals surface area contributed by atoms with E-state index >= 15 is 0 Å². The highest BCUT2D eigenvalue weighted by Crippen LogP contribution is 2.31. The summed E-state index contributed by atoms with van der Waals surface area (Å²) in [6.07, 6.45) is 5.58. The zero-order chi connectivity index (χ0) is 13.2. The van der Waals surface area contributed by atoms with Gasteiger partial charge in [0, 0.05) is 28.2 Å². The first-order valence-electron chi connectivity index (χ1n) is 5.93. The van der Waals surface area contributed by atoms with Gasteiger partial charge >= 0.3 is 0 Å². The van der Waals surface area contributed by atoms with Crippen LogP contribution in [0, 0.1) is 0 Å². The van der Waals surface area contributed by atoms with Gasteiger partial charge in [-0.2, -0.15) is 0 Å². The summed E-state index contributed by atoms with van der Waals surface area (Å²) in [6.45, 7) is 0. The van der Waals surface area contributed by atoms with Crippen molar-refractivity contribution in [2.45, 2.75) is 4.90 Å². The Morgan fingerprint density at radius 1 is 1.05 bits per heavy atom. The molecule has 19 heavy (non-hydrogen) atoms. The molecule has 0 atom stereocenters. The Labute approximate surface area is 115 Å². The summed E-state index contributed by atoms with van der Waals surface area (Å²) in [5, 5.41) is 0.897. The van der Waals surface area contributed by atoms with Crippen molar-refractivity contribution in [2.75, 3.05) is 12.0 Å². The van der Waals surface area contributed by atoms with Gasteiger partial charge in [0.15, 0.2) is 5.65 Å². The van der Waals surface area contributed by atoms with Crippen LogP contribution in [0.4, 0.5) is 5.69 Å². The second-order valence-corrected chi connectivity index (χ2v) is 5.07. The van der Waals surface area contributed by atoms with Crippen LogP contribution in [0.5, 0.6) is 0 Å². The maximum atomic E-state index is 6.24. The molecule has 0 spiro atoms. The summed E-state index contributed by atoms with van der Waals surface area (Å²) in [5.41, 5.74) is 9.68. The molecule has 0 aliphatic heterocycles. The summed E-state index contributed by atoms with van der Waals surface area (Å²) < 4.78 is 0. The SMILES string of the molecule is CSc1ccc(-c2cnc3ncccc3c2N)cc1. The lowest BCUT2D eigenvalue weighted by atomic mass is 10.0. The van der Waals surface area contributed by atoms with Crippen LogP contribution in [-0.2, 0) is 0 Å². The Hall–Kier alpha value is -2.07. The minimum atomic E-state index is 0.685. The number of hydrogen-bond donors (Lipinski definition) is 1. The Kier molecular flexibility index (Phi) is 3.09. The van der Waals surface area contributed by atoms with Gasteiger partial charge in [0.05, 0.1) is 5.69 Å². The molecule has 4 heteroatoms. The molecule has 0 aliphatic rings. The molecule has 94 valence electrons. The van der Waals surface area contributed by atoms with E-state index in [2.05, 4.69) is 40.5 Å². The highest BCUT2D eigenvalue weighted by molar-refractivity contribution is 7.98. The van der Waals surface area contributed by atoms with Gasteiger partial charge in [0.2, 0.25) is 0 Å². The Morgan fingerprint density at radius 3 is 2.58 bits per heavy atom. The lowest BCUT2D eigenvalue weighted by Crippen LogP contribution is -1.95. The average molecular weight is 267 g/mol. The molecule has 0 aliphatic carbocycles. The van der Waals surface area contributed by atoms with Crippen LogP contribution in [0.3, 0.4) is 0 Å². The van der Waals surface area contributed by atoms with Crippen molar-refractivity contribution in [1.29, 1.82) is 0 Å². The van der Waals surface area contributed by atoms with Crippen molar-refractivity contribution in [2.24, 2.45) is 0 Å². The maximum absolute atomic E-state index is 6.24. The summed E-state index contributed by atoms with van der Waals surface area (Å²) in [5.74, 6) is 0. The fourth-order valence-electron chi connectivity index (χ4n) is 2.05. The lowest BCUT2D eigenvalue weighted by molar-refractivity contribution is 1.29. The fraction of sp³-hybridized carbons (Fsp3) is 0.0667. The van der Waals surface area contributed by atoms with E-state index in [4.69, 9.17) is 5.73 Å². The van der Waals surface area contributed by atoms with Crippen LogP contribution in [0.15, 0.2) is 53.7 Å². The quantitative estimate of drug-likeness (QED) is 0.721. The number of benzene rings is 1. The van der Waals surface area contributed by atoms with Crippen molar-refractivity contribution >= 4 is 28.5 Å². The third-order valence-electron chi connectivity index (χ3n) is 3.08. The van der Waals surface area contributed by atoms with E-state index < -0.39 is 0 Å². The molecule has 0 unspecified atom stereocenters. The van der Waals surface area contributed by atoms with Crippen molar-refractivity contribution < 1.29 is 0 Å². The van der Waals surface area contributed by atoms with E-state index in [1.165, 1.54) is 4.90 Å². The standard InChI is InChI=1S/C15H13N3S/c1-19-11-6-4-10(5-7-11)13-9-18-15-12(14(13)16)3-2-8-17-15/h2-9H,1H3,(H2,16,17,18). The minimum Gasteiger partial charge on any atom is -0.398 e. The summed E-state index contributed by atoms with van der Waals surface area (Å²) in [7, 11) is 0. The lowest BCUT2D eigenvalue weighted by Gasteiger charge is -2.08. The molecule has 0 saturated carbocycles. The van der Waals surface area contributed by atoms with Crippen LogP contribution in [0.1, 0.15) is 0 Å². The Bertz CT molecular complexity index is 723. The minimum absolute atomic E-state index is 0.685. The first-order chi connectivity index (χ1) is 9.29. The number of thioether (sulfide) groups is 1. The van der Waals surface area contributed by atoms with Gasteiger partial charge in [-0.25, -0.2) is 9.97 Å². The van der Waals surface area contributed by atoms with E-state index in [1.807, 2.05) is 12.1 Å². The van der Waals surface area contributed by atoms with Gasteiger partial charge in [-0.1, -0.05) is 12.1 Å². The number of fused-ring (bicyclic) bond motifs is 1. The second-order valence-electron chi connectivity index (χ2n) is 4.19. The molecule has 0 radical (unpaired) electrons. The van der Waals surface area contributed by atoms with Crippen LogP contribution in [0.2, 0.25) is 0 Å². The van der Waals surface area contributed by atoms with Gasteiger partial charge in [0.25, 0.3) is 0 Å². The topological polar surface area (TPSA) is 51.8 Å². The van der Waals surface area contributed by atoms with Crippen molar-refractivity contribution in [3.05, 3.63) is 48.8 Å². The molecule has 0 bridgehead atoms. The number of rotatable bonds is 2.